The highest BCUT2D eigenvalue weighted by molar-refractivity contribution is 7.10. The summed E-state index contributed by atoms with van der Waals surface area (Å²) in [6.07, 6.45) is 0.812. The summed E-state index contributed by atoms with van der Waals surface area (Å²) < 4.78 is 18.9. The summed E-state index contributed by atoms with van der Waals surface area (Å²) >= 11 is 1.56. The number of benzene rings is 1. The Morgan fingerprint density at radius 2 is 2.35 bits per heavy atom. The lowest BCUT2D eigenvalue weighted by atomic mass is 10.0. The third kappa shape index (κ3) is 2.67. The van der Waals surface area contributed by atoms with Gasteiger partial charge in [-0.2, -0.15) is 5.26 Å². The van der Waals surface area contributed by atoms with E-state index in [4.69, 9.17) is 10.00 Å². The normalized spacial score (nSPS) is 17.1. The molecule has 1 aromatic heterocycles. The summed E-state index contributed by atoms with van der Waals surface area (Å²) in [6.45, 7) is 1.30. The molecule has 0 saturated heterocycles. The summed E-state index contributed by atoms with van der Waals surface area (Å²) in [5.41, 5.74) is 1.55. The molecule has 0 radical (unpaired) electrons. The molecule has 2 aromatic rings. The molecular formula is C15H13FN2OS. The SMILES string of the molecule is N#Cc1csc(CNC2CCOc3ccc(F)cc32)c1. The maximum atomic E-state index is 13.4. The summed E-state index contributed by atoms with van der Waals surface area (Å²) in [7, 11) is 0. The number of fused-ring (bicyclic) bond motifs is 1. The lowest BCUT2D eigenvalue weighted by Gasteiger charge is -2.26. The maximum absolute atomic E-state index is 13.4. The summed E-state index contributed by atoms with van der Waals surface area (Å²) in [5.74, 6) is 0.503. The van der Waals surface area contributed by atoms with Crippen LogP contribution >= 0.6 is 11.3 Å². The van der Waals surface area contributed by atoms with E-state index in [1.807, 2.05) is 11.4 Å². The Hall–Kier alpha value is -1.90. The Labute approximate surface area is 120 Å². The molecule has 1 aliphatic heterocycles. The van der Waals surface area contributed by atoms with Crippen LogP contribution in [0.25, 0.3) is 0 Å². The zero-order valence-electron chi connectivity index (χ0n) is 10.7. The van der Waals surface area contributed by atoms with E-state index in [-0.39, 0.29) is 11.9 Å². The molecule has 0 bridgehead atoms. The summed E-state index contributed by atoms with van der Waals surface area (Å²) in [4.78, 5) is 1.10. The quantitative estimate of drug-likeness (QED) is 0.941. The average Bonchev–Trinajstić information content (AvgIpc) is 2.93. The molecule has 3 nitrogen and oxygen atoms in total. The van der Waals surface area contributed by atoms with Crippen molar-refractivity contribution < 1.29 is 9.13 Å². The number of hydrogen-bond donors (Lipinski definition) is 1. The van der Waals surface area contributed by atoms with Crippen LogP contribution in [0.3, 0.4) is 0 Å². The van der Waals surface area contributed by atoms with Crippen LogP contribution in [0.2, 0.25) is 0 Å². The Balaban J connectivity index is 1.73. The first kappa shape index (κ1) is 13.1. The van der Waals surface area contributed by atoms with E-state index in [9.17, 15) is 4.39 Å². The fraction of sp³-hybridized carbons (Fsp3) is 0.267. The van der Waals surface area contributed by atoms with Crippen LogP contribution in [0.1, 0.15) is 28.5 Å². The minimum atomic E-state index is -0.246. The highest BCUT2D eigenvalue weighted by Crippen LogP contribution is 2.32. The maximum Gasteiger partial charge on any atom is 0.124 e. The van der Waals surface area contributed by atoms with Gasteiger partial charge in [-0.15, -0.1) is 11.3 Å². The number of ether oxygens (including phenoxy) is 1. The van der Waals surface area contributed by atoms with Gasteiger partial charge >= 0.3 is 0 Å². The highest BCUT2D eigenvalue weighted by atomic mass is 32.1. The van der Waals surface area contributed by atoms with Gasteiger partial charge in [0.25, 0.3) is 0 Å². The van der Waals surface area contributed by atoms with E-state index < -0.39 is 0 Å². The molecule has 20 heavy (non-hydrogen) atoms. The van der Waals surface area contributed by atoms with Crippen molar-refractivity contribution in [3.8, 4) is 11.8 Å². The minimum Gasteiger partial charge on any atom is -0.493 e. The first-order valence-corrected chi connectivity index (χ1v) is 7.27. The third-order valence-electron chi connectivity index (χ3n) is 3.32. The third-order valence-corrected chi connectivity index (χ3v) is 4.25. The van der Waals surface area contributed by atoms with E-state index in [0.29, 0.717) is 18.7 Å². The van der Waals surface area contributed by atoms with Gasteiger partial charge < -0.3 is 10.1 Å². The van der Waals surface area contributed by atoms with Gasteiger partial charge in [-0.05, 0) is 24.3 Å². The Morgan fingerprint density at radius 1 is 1.45 bits per heavy atom. The van der Waals surface area contributed by atoms with Gasteiger partial charge in [0, 0.05) is 34.8 Å². The van der Waals surface area contributed by atoms with Crippen molar-refractivity contribution in [2.24, 2.45) is 0 Å². The molecule has 0 fully saturated rings. The Morgan fingerprint density at radius 3 is 3.15 bits per heavy atom. The van der Waals surface area contributed by atoms with Crippen LogP contribution < -0.4 is 10.1 Å². The van der Waals surface area contributed by atoms with Gasteiger partial charge in [0.1, 0.15) is 17.6 Å². The van der Waals surface area contributed by atoms with Gasteiger partial charge in [-0.3, -0.25) is 0 Å². The molecule has 1 atom stereocenters. The molecule has 0 saturated carbocycles. The van der Waals surface area contributed by atoms with E-state index in [2.05, 4.69) is 11.4 Å². The van der Waals surface area contributed by atoms with Crippen LogP contribution in [0, 0.1) is 17.1 Å². The van der Waals surface area contributed by atoms with E-state index in [0.717, 1.165) is 22.6 Å². The summed E-state index contributed by atoms with van der Waals surface area (Å²) in [5, 5.41) is 14.1. The molecule has 1 aliphatic rings. The zero-order chi connectivity index (χ0) is 13.9. The molecule has 0 amide bonds. The number of rotatable bonds is 3. The van der Waals surface area contributed by atoms with Crippen molar-refractivity contribution in [2.75, 3.05) is 6.61 Å². The lowest BCUT2D eigenvalue weighted by Crippen LogP contribution is -2.26. The van der Waals surface area contributed by atoms with Crippen molar-refractivity contribution in [1.82, 2.24) is 5.32 Å². The second kappa shape index (κ2) is 5.61. The van der Waals surface area contributed by atoms with E-state index >= 15 is 0 Å². The van der Waals surface area contributed by atoms with Crippen LogP contribution in [-0.2, 0) is 6.54 Å². The predicted octanol–water partition coefficient (Wildman–Crippen LogP) is 3.37. The Bertz CT molecular complexity index is 662. The molecule has 2 heterocycles. The van der Waals surface area contributed by atoms with Crippen molar-refractivity contribution in [3.05, 3.63) is 51.5 Å². The van der Waals surface area contributed by atoms with Gasteiger partial charge in [-0.25, -0.2) is 4.39 Å². The Kier molecular flexibility index (Phi) is 3.68. The largest absolute Gasteiger partial charge is 0.493 e. The van der Waals surface area contributed by atoms with Crippen molar-refractivity contribution >= 4 is 11.3 Å². The van der Waals surface area contributed by atoms with Gasteiger partial charge in [0.15, 0.2) is 0 Å². The predicted molar refractivity (Wildman–Crippen MR) is 75.1 cm³/mol. The second-order valence-electron chi connectivity index (χ2n) is 4.67. The standard InChI is InChI=1S/C15H13FN2OS/c16-11-1-2-15-13(6-11)14(3-4-19-15)18-8-12-5-10(7-17)9-20-12/h1-2,5-6,9,14,18H,3-4,8H2. The smallest absolute Gasteiger partial charge is 0.124 e. The number of nitrogens with one attached hydrogen (secondary N) is 1. The van der Waals surface area contributed by atoms with Gasteiger partial charge in [0.2, 0.25) is 0 Å². The van der Waals surface area contributed by atoms with E-state index in [1.165, 1.54) is 12.1 Å². The van der Waals surface area contributed by atoms with Crippen molar-refractivity contribution in [3.63, 3.8) is 0 Å². The van der Waals surface area contributed by atoms with Crippen molar-refractivity contribution in [1.29, 1.82) is 5.26 Å². The van der Waals surface area contributed by atoms with Crippen LogP contribution in [-0.4, -0.2) is 6.61 Å². The molecule has 1 unspecified atom stereocenters. The van der Waals surface area contributed by atoms with Crippen LogP contribution in [0.15, 0.2) is 29.6 Å². The monoisotopic (exact) mass is 288 g/mol. The number of thiophene rings is 1. The first-order valence-electron chi connectivity index (χ1n) is 6.39. The number of hydrogen-bond acceptors (Lipinski definition) is 4. The molecule has 5 heteroatoms. The zero-order valence-corrected chi connectivity index (χ0v) is 11.5. The van der Waals surface area contributed by atoms with Crippen LogP contribution in [0.5, 0.6) is 5.75 Å². The lowest BCUT2D eigenvalue weighted by molar-refractivity contribution is 0.251. The summed E-state index contributed by atoms with van der Waals surface area (Å²) in [6, 6.07) is 8.71. The molecule has 0 aliphatic carbocycles. The molecule has 1 N–H and O–H groups in total. The number of halogens is 1. The number of nitrogens with zero attached hydrogens (tertiary/aromatic N) is 1. The van der Waals surface area contributed by atoms with Crippen molar-refractivity contribution in [2.45, 2.75) is 19.0 Å². The average molecular weight is 288 g/mol. The molecule has 0 spiro atoms. The second-order valence-corrected chi connectivity index (χ2v) is 5.66. The molecule has 1 aromatic carbocycles. The fourth-order valence-corrected chi connectivity index (χ4v) is 3.09. The number of nitriles is 1. The first-order chi connectivity index (χ1) is 9.76. The molecule has 3 rings (SSSR count). The topological polar surface area (TPSA) is 45.0 Å². The molecular weight excluding hydrogens is 275 g/mol. The molecule has 102 valence electrons. The van der Waals surface area contributed by atoms with Crippen LogP contribution in [0.4, 0.5) is 4.39 Å². The highest BCUT2D eigenvalue weighted by Gasteiger charge is 2.21. The van der Waals surface area contributed by atoms with Gasteiger partial charge in [-0.1, -0.05) is 0 Å². The van der Waals surface area contributed by atoms with Gasteiger partial charge in [0.05, 0.1) is 12.2 Å². The fourth-order valence-electron chi connectivity index (χ4n) is 2.33. The van der Waals surface area contributed by atoms with E-state index in [1.54, 1.807) is 17.4 Å². The minimum absolute atomic E-state index is 0.0853.